The number of non-ortho nitro benzene ring substituents is 1. The molecule has 1 unspecified atom stereocenters. The predicted octanol–water partition coefficient (Wildman–Crippen LogP) is 2.85. The number of benzene rings is 1. The first-order chi connectivity index (χ1) is 9.78. The van der Waals surface area contributed by atoms with Crippen LogP contribution in [0, 0.1) is 17.0 Å². The number of pyridine rings is 1. The zero-order chi connectivity index (χ0) is 15.8. The Bertz CT molecular complexity index is 820. The first-order valence-corrected chi connectivity index (χ1v) is 8.20. The average molecular weight is 329 g/mol. The molecule has 1 aromatic heterocycles. The summed E-state index contributed by atoms with van der Waals surface area (Å²) in [5.74, 6) is -0.0507. The summed E-state index contributed by atoms with van der Waals surface area (Å²) in [5.41, 5.74) is 0.410. The molecule has 0 aliphatic carbocycles. The largest absolute Gasteiger partial charge is 0.278 e. The van der Waals surface area contributed by atoms with Gasteiger partial charge in [-0.25, -0.2) is 8.42 Å². The van der Waals surface area contributed by atoms with Gasteiger partial charge >= 0.3 is 0 Å². The number of alkyl halides is 1. The molecule has 0 spiro atoms. The molecule has 8 heteroatoms. The molecule has 0 aliphatic rings. The fourth-order valence-corrected chi connectivity index (χ4v) is 3.84. The van der Waals surface area contributed by atoms with Crippen molar-refractivity contribution in [3.05, 3.63) is 40.2 Å². The maximum absolute atomic E-state index is 12.5. The Morgan fingerprint density at radius 1 is 1.38 bits per heavy atom. The first-order valence-electron chi connectivity index (χ1n) is 6.12. The molecule has 0 N–H and O–H groups in total. The van der Waals surface area contributed by atoms with E-state index in [1.165, 1.54) is 31.3 Å². The minimum atomic E-state index is -3.66. The first kappa shape index (κ1) is 15.7. The van der Waals surface area contributed by atoms with Crippen molar-refractivity contribution in [1.82, 2.24) is 4.98 Å². The summed E-state index contributed by atoms with van der Waals surface area (Å²) in [6.45, 7) is 3.20. The molecule has 1 aromatic carbocycles. The van der Waals surface area contributed by atoms with Crippen LogP contribution in [0.25, 0.3) is 10.8 Å². The van der Waals surface area contributed by atoms with Crippen LogP contribution >= 0.6 is 11.6 Å². The number of nitro groups is 1. The van der Waals surface area contributed by atoms with E-state index in [2.05, 4.69) is 4.98 Å². The number of halogens is 1. The second-order valence-corrected chi connectivity index (χ2v) is 7.36. The zero-order valence-electron chi connectivity index (χ0n) is 11.4. The van der Waals surface area contributed by atoms with Crippen LogP contribution in [0.5, 0.6) is 0 Å². The van der Waals surface area contributed by atoms with Gasteiger partial charge in [-0.15, -0.1) is 11.6 Å². The summed E-state index contributed by atoms with van der Waals surface area (Å²) in [4.78, 5) is 14.6. The molecular weight excluding hydrogens is 316 g/mol. The van der Waals surface area contributed by atoms with Gasteiger partial charge in [0.2, 0.25) is 0 Å². The van der Waals surface area contributed by atoms with E-state index in [0.717, 1.165) is 0 Å². The normalized spacial score (nSPS) is 13.3. The van der Waals surface area contributed by atoms with E-state index >= 15 is 0 Å². The number of fused-ring (bicyclic) bond motifs is 1. The lowest BCUT2D eigenvalue weighted by Crippen LogP contribution is -2.20. The smallest absolute Gasteiger partial charge is 0.261 e. The third kappa shape index (κ3) is 2.71. The standard InChI is InChI=1S/C13H13ClN2O4S/c1-8-5-10-11(7-15-8)12(16(17)18)3-4-13(10)21(19,20)9(2)6-14/h3-5,7,9H,6H2,1-2H3. The van der Waals surface area contributed by atoms with Crippen LogP contribution in [-0.2, 0) is 9.84 Å². The molecule has 0 aliphatic heterocycles. The van der Waals surface area contributed by atoms with Gasteiger partial charge in [-0.3, -0.25) is 15.1 Å². The van der Waals surface area contributed by atoms with Gasteiger partial charge < -0.3 is 0 Å². The highest BCUT2D eigenvalue weighted by Crippen LogP contribution is 2.32. The molecule has 6 nitrogen and oxygen atoms in total. The van der Waals surface area contributed by atoms with E-state index in [1.54, 1.807) is 6.92 Å². The van der Waals surface area contributed by atoms with E-state index in [4.69, 9.17) is 11.6 Å². The molecule has 0 saturated heterocycles. The van der Waals surface area contributed by atoms with Crippen LogP contribution < -0.4 is 0 Å². The van der Waals surface area contributed by atoms with Gasteiger partial charge in [0.25, 0.3) is 5.69 Å². The van der Waals surface area contributed by atoms with Crippen molar-refractivity contribution in [2.24, 2.45) is 0 Å². The number of nitrogens with zero attached hydrogens (tertiary/aromatic N) is 2. The van der Waals surface area contributed by atoms with Crippen molar-refractivity contribution in [3.8, 4) is 0 Å². The fourth-order valence-electron chi connectivity index (χ4n) is 2.01. The highest BCUT2D eigenvalue weighted by atomic mass is 35.5. The van der Waals surface area contributed by atoms with Gasteiger partial charge in [-0.1, -0.05) is 0 Å². The number of hydrogen-bond acceptors (Lipinski definition) is 5. The SMILES string of the molecule is Cc1cc2c(S(=O)(=O)C(C)CCl)ccc([N+](=O)[O-])c2cn1. The van der Waals surface area contributed by atoms with Crippen LogP contribution in [0.1, 0.15) is 12.6 Å². The predicted molar refractivity (Wildman–Crippen MR) is 80.5 cm³/mol. The Morgan fingerprint density at radius 3 is 2.62 bits per heavy atom. The Hall–Kier alpha value is -1.73. The molecular formula is C13H13ClN2O4S. The van der Waals surface area contributed by atoms with Gasteiger partial charge in [0, 0.05) is 29.2 Å². The monoisotopic (exact) mass is 328 g/mol. The van der Waals surface area contributed by atoms with Crippen molar-refractivity contribution in [1.29, 1.82) is 0 Å². The van der Waals surface area contributed by atoms with Crippen molar-refractivity contribution in [2.75, 3.05) is 5.88 Å². The Kier molecular flexibility index (Phi) is 4.15. The second-order valence-electron chi connectivity index (χ2n) is 4.72. The van der Waals surface area contributed by atoms with Gasteiger partial charge in [0.15, 0.2) is 9.84 Å². The lowest BCUT2D eigenvalue weighted by atomic mass is 10.1. The lowest BCUT2D eigenvalue weighted by molar-refractivity contribution is -0.383. The fraction of sp³-hybridized carbons (Fsp3) is 0.308. The molecule has 0 amide bonds. The quantitative estimate of drug-likeness (QED) is 0.489. The minimum Gasteiger partial charge on any atom is -0.261 e. The summed E-state index contributed by atoms with van der Waals surface area (Å²) in [6, 6.07) is 3.99. The van der Waals surface area contributed by atoms with Crippen molar-refractivity contribution in [3.63, 3.8) is 0 Å². The maximum atomic E-state index is 12.5. The summed E-state index contributed by atoms with van der Waals surface area (Å²) < 4.78 is 25.0. The van der Waals surface area contributed by atoms with Crippen LogP contribution in [0.3, 0.4) is 0 Å². The van der Waals surface area contributed by atoms with Gasteiger partial charge in [0.05, 0.1) is 20.5 Å². The number of aromatic nitrogens is 1. The summed E-state index contributed by atoms with van der Waals surface area (Å²) in [7, 11) is -3.66. The topological polar surface area (TPSA) is 90.2 Å². The zero-order valence-corrected chi connectivity index (χ0v) is 13.0. The van der Waals surface area contributed by atoms with Crippen LogP contribution in [0.15, 0.2) is 29.3 Å². The average Bonchev–Trinajstić information content (AvgIpc) is 2.44. The van der Waals surface area contributed by atoms with Crippen molar-refractivity contribution in [2.45, 2.75) is 24.0 Å². The summed E-state index contributed by atoms with van der Waals surface area (Å²) in [6.07, 6.45) is 1.33. The summed E-state index contributed by atoms with van der Waals surface area (Å²) in [5, 5.41) is 10.8. The van der Waals surface area contributed by atoms with Crippen molar-refractivity contribution < 1.29 is 13.3 Å². The Balaban J connectivity index is 2.87. The molecule has 2 aromatic rings. The van der Waals surface area contributed by atoms with E-state index in [1.807, 2.05) is 0 Å². The highest BCUT2D eigenvalue weighted by molar-refractivity contribution is 7.92. The number of rotatable bonds is 4. The number of nitro benzene ring substituents is 1. The van der Waals surface area contributed by atoms with Gasteiger partial charge in [0.1, 0.15) is 0 Å². The van der Waals surface area contributed by atoms with E-state index < -0.39 is 20.0 Å². The third-order valence-corrected chi connectivity index (χ3v) is 6.07. The van der Waals surface area contributed by atoms with Gasteiger partial charge in [-0.2, -0.15) is 0 Å². The second kappa shape index (κ2) is 5.57. The molecule has 0 saturated carbocycles. The summed E-state index contributed by atoms with van der Waals surface area (Å²) >= 11 is 5.65. The van der Waals surface area contributed by atoms with E-state index in [9.17, 15) is 18.5 Å². The molecule has 0 bridgehead atoms. The van der Waals surface area contributed by atoms with Crippen molar-refractivity contribution >= 4 is 37.9 Å². The van der Waals surface area contributed by atoms with E-state index in [0.29, 0.717) is 11.1 Å². The van der Waals surface area contributed by atoms with Crippen LogP contribution in [0.2, 0.25) is 0 Å². The third-order valence-electron chi connectivity index (χ3n) is 3.22. The van der Waals surface area contributed by atoms with E-state index in [-0.39, 0.29) is 21.8 Å². The molecule has 1 heterocycles. The number of aryl methyl sites for hydroxylation is 1. The maximum Gasteiger partial charge on any atom is 0.278 e. The molecule has 112 valence electrons. The Morgan fingerprint density at radius 2 is 2.05 bits per heavy atom. The minimum absolute atomic E-state index is 0.0433. The highest BCUT2D eigenvalue weighted by Gasteiger charge is 2.27. The van der Waals surface area contributed by atoms with Gasteiger partial charge in [-0.05, 0) is 26.0 Å². The molecule has 21 heavy (non-hydrogen) atoms. The molecule has 0 radical (unpaired) electrons. The molecule has 0 fully saturated rings. The Labute approximate surface area is 126 Å². The molecule has 1 atom stereocenters. The number of hydrogen-bond donors (Lipinski definition) is 0. The lowest BCUT2D eigenvalue weighted by Gasteiger charge is -2.12. The van der Waals surface area contributed by atoms with Crippen LogP contribution in [-0.4, -0.2) is 29.5 Å². The van der Waals surface area contributed by atoms with Crippen LogP contribution in [0.4, 0.5) is 5.69 Å². The molecule has 2 rings (SSSR count). The number of sulfone groups is 1.